The van der Waals surface area contributed by atoms with Crippen LogP contribution < -0.4 is 0 Å². The van der Waals surface area contributed by atoms with Crippen LogP contribution >= 0.6 is 0 Å². The highest BCUT2D eigenvalue weighted by molar-refractivity contribution is 5.22. The van der Waals surface area contributed by atoms with Crippen LogP contribution in [0.15, 0.2) is 30.3 Å². The van der Waals surface area contributed by atoms with Gasteiger partial charge in [0.05, 0.1) is 0 Å². The molecule has 2 aliphatic rings. The van der Waals surface area contributed by atoms with Gasteiger partial charge in [0.25, 0.3) is 0 Å². The molecule has 0 aromatic heterocycles. The molecule has 0 N–H and O–H groups in total. The first-order chi connectivity index (χ1) is 7.95. The Labute approximate surface area is 99.1 Å². The van der Waals surface area contributed by atoms with Crippen molar-refractivity contribution >= 4 is 0 Å². The van der Waals surface area contributed by atoms with E-state index in [9.17, 15) is 0 Å². The van der Waals surface area contributed by atoms with Gasteiger partial charge in [-0.25, -0.2) is 0 Å². The molecule has 1 radical (unpaired) electrons. The number of rotatable bonds is 1. The average Bonchev–Trinajstić information content (AvgIpc) is 2.39. The molecule has 0 spiro atoms. The van der Waals surface area contributed by atoms with E-state index in [1.165, 1.54) is 38.5 Å². The predicted molar refractivity (Wildman–Crippen MR) is 68.2 cm³/mol. The first-order valence-electron chi connectivity index (χ1n) is 6.82. The molecular weight excluding hydrogens is 192 g/mol. The van der Waals surface area contributed by atoms with Gasteiger partial charge in [0, 0.05) is 0 Å². The summed E-state index contributed by atoms with van der Waals surface area (Å²) < 4.78 is 0. The second-order valence-corrected chi connectivity index (χ2v) is 5.49. The van der Waals surface area contributed by atoms with Crippen LogP contribution in [0, 0.1) is 18.3 Å². The molecule has 1 aromatic rings. The quantitative estimate of drug-likeness (QED) is 0.641. The van der Waals surface area contributed by atoms with Crippen molar-refractivity contribution < 1.29 is 0 Å². The minimum Gasteiger partial charge on any atom is -0.0622 e. The molecule has 0 amide bonds. The Hall–Kier alpha value is -0.780. The van der Waals surface area contributed by atoms with Gasteiger partial charge in [-0.3, -0.25) is 0 Å². The second kappa shape index (κ2) is 4.61. The largest absolute Gasteiger partial charge is 0.0622 e. The zero-order chi connectivity index (χ0) is 10.8. The van der Waals surface area contributed by atoms with Gasteiger partial charge in [0.15, 0.2) is 0 Å². The third-order valence-electron chi connectivity index (χ3n) is 4.60. The summed E-state index contributed by atoms with van der Waals surface area (Å²) >= 11 is 0. The molecule has 2 saturated carbocycles. The molecule has 3 unspecified atom stereocenters. The minimum absolute atomic E-state index is 0.820. The lowest BCUT2D eigenvalue weighted by atomic mass is 9.64. The predicted octanol–water partition coefficient (Wildman–Crippen LogP) is 4.57. The monoisotopic (exact) mass is 213 g/mol. The van der Waals surface area contributed by atoms with Gasteiger partial charge in [-0.2, -0.15) is 0 Å². The normalized spacial score (nSPS) is 34.4. The Kier molecular flexibility index (Phi) is 2.99. The number of hydrogen-bond acceptors (Lipinski definition) is 0. The van der Waals surface area contributed by atoms with Crippen molar-refractivity contribution in [3.8, 4) is 0 Å². The topological polar surface area (TPSA) is 0 Å². The Morgan fingerprint density at radius 3 is 2.56 bits per heavy atom. The highest BCUT2D eigenvalue weighted by atomic mass is 14.4. The van der Waals surface area contributed by atoms with Gasteiger partial charge in [0.1, 0.15) is 0 Å². The van der Waals surface area contributed by atoms with Crippen molar-refractivity contribution in [2.75, 3.05) is 0 Å². The summed E-state index contributed by atoms with van der Waals surface area (Å²) in [5, 5.41) is 0. The van der Waals surface area contributed by atoms with Crippen molar-refractivity contribution in [1.82, 2.24) is 0 Å². The molecule has 0 heteroatoms. The number of benzene rings is 1. The standard InChI is InChI=1S/C16H21/c1-2-7-13(8-3-1)16-12-6-10-14-9-4-5-11-15(14)16/h1-3,6-8,14-16H,4-5,9-12H2. The van der Waals surface area contributed by atoms with Crippen molar-refractivity contribution in [3.05, 3.63) is 42.3 Å². The summed E-state index contributed by atoms with van der Waals surface area (Å²) in [7, 11) is 0. The third-order valence-corrected chi connectivity index (χ3v) is 4.60. The molecule has 0 saturated heterocycles. The van der Waals surface area contributed by atoms with E-state index < -0.39 is 0 Å². The summed E-state index contributed by atoms with van der Waals surface area (Å²) in [6, 6.07) is 11.2. The number of hydrogen-bond donors (Lipinski definition) is 0. The van der Waals surface area contributed by atoms with Crippen molar-refractivity contribution in [2.45, 2.75) is 44.4 Å². The fourth-order valence-electron chi connectivity index (χ4n) is 3.81. The lowest BCUT2D eigenvalue weighted by Gasteiger charge is -2.41. The molecule has 85 valence electrons. The van der Waals surface area contributed by atoms with Crippen molar-refractivity contribution in [3.63, 3.8) is 0 Å². The van der Waals surface area contributed by atoms with Crippen molar-refractivity contribution in [2.24, 2.45) is 11.8 Å². The molecule has 0 heterocycles. The maximum atomic E-state index is 2.55. The van der Waals surface area contributed by atoms with Crippen LogP contribution in [0.1, 0.15) is 50.0 Å². The van der Waals surface area contributed by atoms with E-state index in [4.69, 9.17) is 0 Å². The van der Waals surface area contributed by atoms with Crippen molar-refractivity contribution in [1.29, 1.82) is 0 Å². The third kappa shape index (κ3) is 1.90. The summed E-state index contributed by atoms with van der Waals surface area (Å²) in [6.45, 7) is 0. The van der Waals surface area contributed by atoms with Gasteiger partial charge < -0.3 is 0 Å². The van der Waals surface area contributed by atoms with Crippen LogP contribution in [0.3, 0.4) is 0 Å². The van der Waals surface area contributed by atoms with Gasteiger partial charge in [-0.1, -0.05) is 49.6 Å². The SMILES string of the molecule is [CH]1CC2CCCCC2C(c2ccccc2)C1. The van der Waals surface area contributed by atoms with E-state index >= 15 is 0 Å². The lowest BCUT2D eigenvalue weighted by Crippen LogP contribution is -2.29. The summed E-state index contributed by atoms with van der Waals surface area (Å²) in [5.41, 5.74) is 1.58. The van der Waals surface area contributed by atoms with Gasteiger partial charge in [-0.05, 0) is 49.0 Å². The maximum absolute atomic E-state index is 2.55. The van der Waals surface area contributed by atoms with Crippen LogP contribution in [-0.2, 0) is 0 Å². The zero-order valence-electron chi connectivity index (χ0n) is 9.94. The van der Waals surface area contributed by atoms with E-state index in [1.807, 2.05) is 0 Å². The molecule has 3 rings (SSSR count). The molecule has 16 heavy (non-hydrogen) atoms. The molecule has 1 aromatic carbocycles. The molecule has 3 atom stereocenters. The number of fused-ring (bicyclic) bond motifs is 1. The van der Waals surface area contributed by atoms with Crippen LogP contribution in [0.4, 0.5) is 0 Å². The van der Waals surface area contributed by atoms with E-state index in [2.05, 4.69) is 36.8 Å². The minimum atomic E-state index is 0.820. The highest BCUT2D eigenvalue weighted by Gasteiger charge is 2.35. The van der Waals surface area contributed by atoms with E-state index in [1.54, 1.807) is 5.56 Å². The molecule has 2 aliphatic carbocycles. The average molecular weight is 213 g/mol. The first-order valence-corrected chi connectivity index (χ1v) is 6.82. The summed E-state index contributed by atoms with van der Waals surface area (Å²) in [6.07, 6.45) is 11.1. The molecule has 0 bridgehead atoms. The van der Waals surface area contributed by atoms with Crippen LogP contribution in [0.5, 0.6) is 0 Å². The Morgan fingerprint density at radius 2 is 1.69 bits per heavy atom. The molecule has 0 aliphatic heterocycles. The van der Waals surface area contributed by atoms with E-state index in [0.717, 1.165) is 17.8 Å². The highest BCUT2D eigenvalue weighted by Crippen LogP contribution is 2.47. The molecular formula is C16H21. The van der Waals surface area contributed by atoms with Gasteiger partial charge >= 0.3 is 0 Å². The van der Waals surface area contributed by atoms with Crippen LogP contribution in [0.2, 0.25) is 0 Å². The smallest absolute Gasteiger partial charge is 0.0128 e. The van der Waals surface area contributed by atoms with E-state index in [0.29, 0.717) is 0 Å². The van der Waals surface area contributed by atoms with Gasteiger partial charge in [0.2, 0.25) is 0 Å². The van der Waals surface area contributed by atoms with E-state index in [-0.39, 0.29) is 0 Å². The van der Waals surface area contributed by atoms with Gasteiger partial charge in [-0.15, -0.1) is 0 Å². The summed E-state index contributed by atoms with van der Waals surface area (Å²) in [4.78, 5) is 0. The fraction of sp³-hybridized carbons (Fsp3) is 0.562. The van der Waals surface area contributed by atoms with Crippen LogP contribution in [0.25, 0.3) is 0 Å². The second-order valence-electron chi connectivity index (χ2n) is 5.49. The Balaban J connectivity index is 1.83. The summed E-state index contributed by atoms with van der Waals surface area (Å²) in [5.74, 6) is 2.79. The molecule has 2 fully saturated rings. The lowest BCUT2D eigenvalue weighted by molar-refractivity contribution is 0.170. The fourth-order valence-corrected chi connectivity index (χ4v) is 3.81. The molecule has 0 nitrogen and oxygen atoms in total. The Bertz CT molecular complexity index is 325. The Morgan fingerprint density at radius 1 is 0.875 bits per heavy atom. The zero-order valence-corrected chi connectivity index (χ0v) is 9.94. The first kappa shape index (κ1) is 10.4. The van der Waals surface area contributed by atoms with Crippen LogP contribution in [-0.4, -0.2) is 0 Å². The maximum Gasteiger partial charge on any atom is -0.0128 e.